The predicted octanol–water partition coefficient (Wildman–Crippen LogP) is 5.37. The quantitative estimate of drug-likeness (QED) is 0.490. The van der Waals surface area contributed by atoms with Gasteiger partial charge in [-0.1, -0.05) is 72.0 Å². The van der Waals surface area contributed by atoms with Crippen molar-refractivity contribution in [3.05, 3.63) is 82.3 Å². The lowest BCUT2D eigenvalue weighted by Gasteiger charge is -2.16. The Morgan fingerprint density at radius 1 is 0.962 bits per heavy atom. The fourth-order valence-electron chi connectivity index (χ4n) is 2.74. The molecule has 0 unspecified atom stereocenters. The predicted molar refractivity (Wildman–Crippen MR) is 109 cm³/mol. The zero-order valence-corrected chi connectivity index (χ0v) is 15.9. The third-order valence-electron chi connectivity index (χ3n) is 4.01. The molecule has 0 amide bonds. The lowest BCUT2D eigenvalue weighted by molar-refractivity contribution is 0.749. The molecule has 0 bridgehead atoms. The van der Waals surface area contributed by atoms with Crippen LogP contribution in [0.2, 0.25) is 0 Å². The number of aromatic nitrogens is 3. The number of hydrogen-bond acceptors (Lipinski definition) is 6. The highest BCUT2D eigenvalue weighted by atomic mass is 32.1. The third-order valence-corrected chi connectivity index (χ3v) is 5.69. The first kappa shape index (κ1) is 16.9. The minimum Gasteiger partial charge on any atom is -0.351 e. The van der Waals surface area contributed by atoms with E-state index in [0.717, 1.165) is 32.8 Å². The molecule has 2 aromatic carbocycles. The van der Waals surface area contributed by atoms with Crippen LogP contribution in [-0.2, 0) is 6.42 Å². The van der Waals surface area contributed by atoms with Gasteiger partial charge in [0.05, 0.1) is 11.7 Å². The minimum absolute atomic E-state index is 0.0541. The van der Waals surface area contributed by atoms with Gasteiger partial charge in [-0.05, 0) is 18.9 Å². The topological polar surface area (TPSA) is 50.7 Å². The number of thiazole rings is 1. The van der Waals surface area contributed by atoms with Crippen LogP contribution in [0.4, 0.5) is 5.13 Å². The van der Waals surface area contributed by atoms with Crippen molar-refractivity contribution in [1.82, 2.24) is 15.2 Å². The van der Waals surface area contributed by atoms with E-state index in [1.54, 1.807) is 22.7 Å². The molecule has 2 aromatic heterocycles. The third kappa shape index (κ3) is 3.98. The average Bonchev–Trinajstić information content (AvgIpc) is 3.32. The summed E-state index contributed by atoms with van der Waals surface area (Å²) in [5, 5.41) is 16.8. The molecule has 130 valence electrons. The number of aryl methyl sites for hydroxylation is 1. The number of nitrogens with one attached hydrogen (secondary N) is 1. The van der Waals surface area contributed by atoms with Gasteiger partial charge in [-0.3, -0.25) is 0 Å². The Labute approximate surface area is 160 Å². The van der Waals surface area contributed by atoms with Gasteiger partial charge in [0.15, 0.2) is 0 Å². The van der Waals surface area contributed by atoms with Crippen molar-refractivity contribution in [2.24, 2.45) is 0 Å². The van der Waals surface area contributed by atoms with E-state index in [1.807, 2.05) is 31.2 Å². The van der Waals surface area contributed by atoms with Crippen molar-refractivity contribution in [2.45, 2.75) is 19.4 Å². The molecule has 0 aliphatic rings. The first-order valence-corrected chi connectivity index (χ1v) is 10.1. The van der Waals surface area contributed by atoms with Crippen LogP contribution in [0, 0.1) is 6.92 Å². The van der Waals surface area contributed by atoms with E-state index < -0.39 is 0 Å². The van der Waals surface area contributed by atoms with Gasteiger partial charge in [-0.25, -0.2) is 4.98 Å². The van der Waals surface area contributed by atoms with Gasteiger partial charge in [-0.15, -0.1) is 21.5 Å². The summed E-state index contributed by atoms with van der Waals surface area (Å²) in [6.07, 6.45) is 0.845. The maximum absolute atomic E-state index is 4.89. The molecule has 0 aliphatic heterocycles. The van der Waals surface area contributed by atoms with Crippen LogP contribution in [0.1, 0.15) is 22.3 Å². The summed E-state index contributed by atoms with van der Waals surface area (Å²) < 4.78 is 0. The fraction of sp³-hybridized carbons (Fsp3) is 0.150. The number of rotatable bonds is 6. The van der Waals surface area contributed by atoms with Gasteiger partial charge in [-0.2, -0.15) is 0 Å². The largest absolute Gasteiger partial charge is 0.351 e. The van der Waals surface area contributed by atoms with Gasteiger partial charge < -0.3 is 5.32 Å². The first-order valence-electron chi connectivity index (χ1n) is 8.39. The minimum atomic E-state index is 0.0541. The lowest BCUT2D eigenvalue weighted by atomic mass is 10.0. The molecule has 4 aromatic rings. The Morgan fingerprint density at radius 2 is 1.69 bits per heavy atom. The molecule has 6 heteroatoms. The van der Waals surface area contributed by atoms with E-state index in [9.17, 15) is 0 Å². The molecular formula is C20H18N4S2. The van der Waals surface area contributed by atoms with Gasteiger partial charge in [0.1, 0.15) is 10.0 Å². The summed E-state index contributed by atoms with van der Waals surface area (Å²) in [7, 11) is 0. The molecule has 0 saturated heterocycles. The number of anilines is 1. The Balaban J connectivity index is 1.62. The van der Waals surface area contributed by atoms with Crippen LogP contribution in [-0.4, -0.2) is 15.2 Å². The van der Waals surface area contributed by atoms with E-state index in [4.69, 9.17) is 4.98 Å². The fourth-order valence-corrected chi connectivity index (χ4v) is 4.27. The molecule has 0 radical (unpaired) electrons. The Kier molecular flexibility index (Phi) is 5.04. The highest BCUT2D eigenvalue weighted by molar-refractivity contribution is 7.15. The second-order valence-electron chi connectivity index (χ2n) is 5.96. The monoisotopic (exact) mass is 378 g/mol. The molecule has 0 spiro atoms. The van der Waals surface area contributed by atoms with E-state index in [0.29, 0.717) is 0 Å². The molecule has 2 heterocycles. The highest BCUT2D eigenvalue weighted by Gasteiger charge is 2.18. The van der Waals surface area contributed by atoms with Crippen LogP contribution in [0.3, 0.4) is 0 Å². The number of nitrogens with zero attached hydrogens (tertiary/aromatic N) is 3. The Hall–Kier alpha value is -2.57. The molecular weight excluding hydrogens is 360 g/mol. The summed E-state index contributed by atoms with van der Waals surface area (Å²) >= 11 is 3.24. The Bertz CT molecular complexity index is 964. The van der Waals surface area contributed by atoms with E-state index >= 15 is 0 Å². The number of hydrogen-bond donors (Lipinski definition) is 1. The van der Waals surface area contributed by atoms with E-state index in [1.165, 1.54) is 5.56 Å². The smallest absolute Gasteiger partial charge is 0.206 e. The van der Waals surface area contributed by atoms with Crippen molar-refractivity contribution in [3.63, 3.8) is 0 Å². The normalized spacial score (nSPS) is 12.0. The molecule has 0 fully saturated rings. The van der Waals surface area contributed by atoms with Gasteiger partial charge in [0.25, 0.3) is 0 Å². The first-order chi connectivity index (χ1) is 12.8. The van der Waals surface area contributed by atoms with Crippen molar-refractivity contribution < 1.29 is 0 Å². The SMILES string of the molecule is Cc1nnc(N[C@@H](Cc2ccccc2)c2csc(-c3ccccc3)n2)s1. The Morgan fingerprint density at radius 3 is 2.38 bits per heavy atom. The maximum Gasteiger partial charge on any atom is 0.206 e. The van der Waals surface area contributed by atoms with E-state index in [2.05, 4.69) is 57.3 Å². The van der Waals surface area contributed by atoms with E-state index in [-0.39, 0.29) is 6.04 Å². The standard InChI is InChI=1S/C20H18N4S2/c1-14-23-24-20(26-14)22-17(12-15-8-4-2-5-9-15)18-13-25-19(21-18)16-10-6-3-7-11-16/h2-11,13,17H,12H2,1H3,(H,22,24)/t17-/m0/s1. The molecule has 4 nitrogen and oxygen atoms in total. The molecule has 26 heavy (non-hydrogen) atoms. The van der Waals surface area contributed by atoms with Crippen LogP contribution < -0.4 is 5.32 Å². The number of benzene rings is 2. The maximum atomic E-state index is 4.89. The van der Waals surface area contributed by atoms with Crippen LogP contribution >= 0.6 is 22.7 Å². The highest BCUT2D eigenvalue weighted by Crippen LogP contribution is 2.30. The second kappa shape index (κ2) is 7.76. The van der Waals surface area contributed by atoms with Crippen molar-refractivity contribution in [2.75, 3.05) is 5.32 Å². The molecule has 0 aliphatic carbocycles. The average molecular weight is 379 g/mol. The van der Waals surface area contributed by atoms with Crippen molar-refractivity contribution >= 4 is 27.8 Å². The van der Waals surface area contributed by atoms with Gasteiger partial charge in [0.2, 0.25) is 5.13 Å². The lowest BCUT2D eigenvalue weighted by Crippen LogP contribution is -2.14. The van der Waals surface area contributed by atoms with Crippen molar-refractivity contribution in [1.29, 1.82) is 0 Å². The van der Waals surface area contributed by atoms with Crippen LogP contribution in [0.15, 0.2) is 66.0 Å². The summed E-state index contributed by atoms with van der Waals surface area (Å²) in [5.74, 6) is 0. The van der Waals surface area contributed by atoms with Crippen LogP contribution in [0.5, 0.6) is 0 Å². The summed E-state index contributed by atoms with van der Waals surface area (Å²) in [4.78, 5) is 4.89. The molecule has 0 saturated carbocycles. The summed E-state index contributed by atoms with van der Waals surface area (Å²) in [6, 6.07) is 20.8. The summed E-state index contributed by atoms with van der Waals surface area (Å²) in [6.45, 7) is 1.96. The molecule has 1 N–H and O–H groups in total. The van der Waals surface area contributed by atoms with Gasteiger partial charge in [0, 0.05) is 10.9 Å². The molecule has 4 rings (SSSR count). The summed E-state index contributed by atoms with van der Waals surface area (Å²) in [5.41, 5.74) is 3.44. The zero-order chi connectivity index (χ0) is 17.8. The second-order valence-corrected chi connectivity index (χ2v) is 8.00. The zero-order valence-electron chi connectivity index (χ0n) is 14.3. The van der Waals surface area contributed by atoms with Crippen LogP contribution in [0.25, 0.3) is 10.6 Å². The van der Waals surface area contributed by atoms with Gasteiger partial charge >= 0.3 is 0 Å². The molecule has 1 atom stereocenters. The van der Waals surface area contributed by atoms with Crippen molar-refractivity contribution in [3.8, 4) is 10.6 Å².